The summed E-state index contributed by atoms with van der Waals surface area (Å²) in [4.78, 5) is 0. The summed E-state index contributed by atoms with van der Waals surface area (Å²) in [6.07, 6.45) is 1.27. The molecule has 2 atom stereocenters. The second-order valence-electron chi connectivity index (χ2n) is 5.09. The minimum atomic E-state index is 0.120. The van der Waals surface area contributed by atoms with Crippen LogP contribution in [0, 0.1) is 5.41 Å². The number of halogens is 1. The van der Waals surface area contributed by atoms with E-state index in [4.69, 9.17) is 10.5 Å². The Morgan fingerprint density at radius 2 is 2.00 bits per heavy atom. The number of ether oxygens (including phenoxy) is 1. The molecule has 1 saturated carbocycles. The van der Waals surface area contributed by atoms with Crippen LogP contribution >= 0.6 is 15.9 Å². The molecule has 0 amide bonds. The van der Waals surface area contributed by atoms with Gasteiger partial charge in [0.1, 0.15) is 0 Å². The molecule has 1 aliphatic rings. The smallest absolute Gasteiger partial charge is 0.0720 e. The van der Waals surface area contributed by atoms with Crippen LogP contribution in [0.3, 0.4) is 0 Å². The van der Waals surface area contributed by atoms with E-state index in [1.165, 1.54) is 5.56 Å². The minimum Gasteiger partial charge on any atom is -0.373 e. The molecule has 2 rings (SSSR count). The molecule has 0 aromatic heterocycles. The third-order valence-corrected chi connectivity index (χ3v) is 4.15. The molecule has 0 bridgehead atoms. The molecule has 1 aromatic rings. The summed E-state index contributed by atoms with van der Waals surface area (Å²) < 4.78 is 6.99. The highest BCUT2D eigenvalue weighted by molar-refractivity contribution is 9.10. The highest BCUT2D eigenvalue weighted by atomic mass is 79.9. The van der Waals surface area contributed by atoms with Crippen molar-refractivity contribution in [2.45, 2.75) is 39.0 Å². The van der Waals surface area contributed by atoms with Crippen LogP contribution in [0.4, 0.5) is 0 Å². The van der Waals surface area contributed by atoms with Crippen LogP contribution in [0.2, 0.25) is 0 Å². The van der Waals surface area contributed by atoms with Gasteiger partial charge in [0.2, 0.25) is 0 Å². The van der Waals surface area contributed by atoms with Crippen molar-refractivity contribution in [1.82, 2.24) is 0 Å². The number of hydrogen-bond donors (Lipinski definition) is 1. The fourth-order valence-corrected chi connectivity index (χ4v) is 2.24. The van der Waals surface area contributed by atoms with Gasteiger partial charge >= 0.3 is 0 Å². The minimum absolute atomic E-state index is 0.120. The van der Waals surface area contributed by atoms with Gasteiger partial charge < -0.3 is 10.5 Å². The lowest BCUT2D eigenvalue weighted by atomic mass is 9.65. The Balaban J connectivity index is 1.87. The molecule has 0 radical (unpaired) electrons. The fraction of sp³-hybridized carbons (Fsp3) is 0.538. The topological polar surface area (TPSA) is 35.2 Å². The molecule has 0 heterocycles. The van der Waals surface area contributed by atoms with Gasteiger partial charge in [0.15, 0.2) is 0 Å². The lowest BCUT2D eigenvalue weighted by Crippen LogP contribution is -2.58. The van der Waals surface area contributed by atoms with Gasteiger partial charge in [-0.25, -0.2) is 0 Å². The Hall–Kier alpha value is -0.380. The summed E-state index contributed by atoms with van der Waals surface area (Å²) in [5.41, 5.74) is 7.28. The van der Waals surface area contributed by atoms with Crippen LogP contribution in [0.25, 0.3) is 0 Å². The normalized spacial score (nSPS) is 27.5. The molecule has 2 N–H and O–H groups in total. The van der Waals surface area contributed by atoms with Crippen LogP contribution in [-0.4, -0.2) is 12.1 Å². The van der Waals surface area contributed by atoms with E-state index in [9.17, 15) is 0 Å². The summed E-state index contributed by atoms with van der Waals surface area (Å²) in [5, 5.41) is 0. The summed E-state index contributed by atoms with van der Waals surface area (Å²) >= 11 is 3.42. The summed E-state index contributed by atoms with van der Waals surface area (Å²) in [6.45, 7) is 5.02. The van der Waals surface area contributed by atoms with Crippen LogP contribution in [0.1, 0.15) is 25.8 Å². The Morgan fingerprint density at radius 1 is 1.38 bits per heavy atom. The Labute approximate surface area is 105 Å². The van der Waals surface area contributed by atoms with Crippen molar-refractivity contribution >= 4 is 15.9 Å². The van der Waals surface area contributed by atoms with E-state index in [1.54, 1.807) is 0 Å². The van der Waals surface area contributed by atoms with Gasteiger partial charge in [-0.15, -0.1) is 0 Å². The van der Waals surface area contributed by atoms with Crippen molar-refractivity contribution in [3.8, 4) is 0 Å². The van der Waals surface area contributed by atoms with Gasteiger partial charge in [-0.1, -0.05) is 41.9 Å². The van der Waals surface area contributed by atoms with E-state index in [2.05, 4.69) is 41.9 Å². The van der Waals surface area contributed by atoms with Crippen LogP contribution in [0.15, 0.2) is 28.7 Å². The Kier molecular flexibility index (Phi) is 3.38. The molecule has 1 aromatic carbocycles. The lowest BCUT2D eigenvalue weighted by Gasteiger charge is -2.49. The zero-order valence-electron chi connectivity index (χ0n) is 9.74. The summed E-state index contributed by atoms with van der Waals surface area (Å²) in [7, 11) is 0. The number of rotatable bonds is 3. The summed E-state index contributed by atoms with van der Waals surface area (Å²) in [5.74, 6) is 0. The summed E-state index contributed by atoms with van der Waals surface area (Å²) in [6, 6.07) is 8.51. The largest absolute Gasteiger partial charge is 0.373 e. The van der Waals surface area contributed by atoms with Crippen LogP contribution in [-0.2, 0) is 11.3 Å². The predicted octanol–water partition coefficient (Wildman–Crippen LogP) is 3.09. The van der Waals surface area contributed by atoms with Gasteiger partial charge in [0, 0.05) is 15.9 Å². The van der Waals surface area contributed by atoms with E-state index in [0.29, 0.717) is 12.7 Å². The van der Waals surface area contributed by atoms with E-state index in [1.807, 2.05) is 12.1 Å². The SMILES string of the molecule is CC1(C)C(N)CC1OCc1ccc(Br)cc1. The molecule has 1 aliphatic carbocycles. The molecule has 16 heavy (non-hydrogen) atoms. The van der Waals surface area contributed by atoms with Crippen molar-refractivity contribution in [1.29, 1.82) is 0 Å². The zero-order valence-corrected chi connectivity index (χ0v) is 11.3. The third-order valence-electron chi connectivity index (χ3n) is 3.62. The maximum Gasteiger partial charge on any atom is 0.0720 e. The second kappa shape index (κ2) is 4.47. The molecule has 0 aliphatic heterocycles. The molecule has 0 spiro atoms. The van der Waals surface area contributed by atoms with Crippen LogP contribution in [0.5, 0.6) is 0 Å². The maximum absolute atomic E-state index is 5.95. The number of nitrogens with two attached hydrogens (primary N) is 1. The Morgan fingerprint density at radius 3 is 2.50 bits per heavy atom. The van der Waals surface area contributed by atoms with Gasteiger partial charge in [-0.05, 0) is 24.1 Å². The molecular formula is C13H18BrNO. The fourth-order valence-electron chi connectivity index (χ4n) is 1.98. The van der Waals surface area contributed by atoms with E-state index in [0.717, 1.165) is 10.9 Å². The number of benzene rings is 1. The van der Waals surface area contributed by atoms with E-state index >= 15 is 0 Å². The standard InChI is InChI=1S/C13H18BrNO/c1-13(2)11(15)7-12(13)16-8-9-3-5-10(14)6-4-9/h3-6,11-12H,7-8,15H2,1-2H3. The van der Waals surface area contributed by atoms with Gasteiger partial charge in [-0.2, -0.15) is 0 Å². The highest BCUT2D eigenvalue weighted by Crippen LogP contribution is 2.41. The molecular weight excluding hydrogens is 266 g/mol. The quantitative estimate of drug-likeness (QED) is 0.925. The molecule has 3 heteroatoms. The number of hydrogen-bond acceptors (Lipinski definition) is 2. The molecule has 1 fully saturated rings. The lowest BCUT2D eigenvalue weighted by molar-refractivity contribution is -0.115. The van der Waals surface area contributed by atoms with Crippen LogP contribution < -0.4 is 5.73 Å². The maximum atomic E-state index is 5.95. The first-order valence-corrected chi connectivity index (χ1v) is 6.41. The first-order chi connectivity index (χ1) is 7.50. The van der Waals surface area contributed by atoms with Gasteiger partial charge in [0.05, 0.1) is 12.7 Å². The van der Waals surface area contributed by atoms with Crippen molar-refractivity contribution < 1.29 is 4.74 Å². The van der Waals surface area contributed by atoms with Gasteiger partial charge in [0.25, 0.3) is 0 Å². The average molecular weight is 284 g/mol. The molecule has 0 saturated heterocycles. The van der Waals surface area contributed by atoms with Crippen molar-refractivity contribution in [3.63, 3.8) is 0 Å². The molecule has 2 nitrogen and oxygen atoms in total. The highest BCUT2D eigenvalue weighted by Gasteiger charge is 2.46. The van der Waals surface area contributed by atoms with E-state index in [-0.39, 0.29) is 11.5 Å². The van der Waals surface area contributed by atoms with E-state index < -0.39 is 0 Å². The monoisotopic (exact) mass is 283 g/mol. The first kappa shape index (κ1) is 12.1. The average Bonchev–Trinajstić information content (AvgIpc) is 2.26. The first-order valence-electron chi connectivity index (χ1n) is 5.62. The zero-order chi connectivity index (χ0) is 11.8. The van der Waals surface area contributed by atoms with Crippen molar-refractivity contribution in [2.75, 3.05) is 0 Å². The molecule has 88 valence electrons. The predicted molar refractivity (Wildman–Crippen MR) is 69.1 cm³/mol. The third kappa shape index (κ3) is 2.31. The second-order valence-corrected chi connectivity index (χ2v) is 6.01. The van der Waals surface area contributed by atoms with Crippen molar-refractivity contribution in [2.24, 2.45) is 11.1 Å². The van der Waals surface area contributed by atoms with Gasteiger partial charge in [-0.3, -0.25) is 0 Å². The Bertz CT molecular complexity index is 361. The van der Waals surface area contributed by atoms with Crippen molar-refractivity contribution in [3.05, 3.63) is 34.3 Å². The molecule has 2 unspecified atom stereocenters.